The fraction of sp³-hybridized carbons (Fsp3) is 0.111. The fourth-order valence-corrected chi connectivity index (χ4v) is 2.90. The van der Waals surface area contributed by atoms with Gasteiger partial charge in [-0.05, 0) is 42.0 Å². The molecule has 1 heterocycles. The Morgan fingerprint density at radius 3 is 2.24 bits per heavy atom. The van der Waals surface area contributed by atoms with Crippen LogP contribution in [0.15, 0.2) is 64.1 Å². The highest BCUT2D eigenvalue weighted by atomic mass is 32.2. The van der Waals surface area contributed by atoms with Crippen molar-refractivity contribution >= 4 is 15.9 Å². The number of oxazole rings is 1. The minimum atomic E-state index is -4.45. The van der Waals surface area contributed by atoms with E-state index in [0.29, 0.717) is 5.56 Å². The molecule has 0 fully saturated rings. The zero-order chi connectivity index (χ0) is 21.2. The van der Waals surface area contributed by atoms with Crippen LogP contribution in [0.2, 0.25) is 0 Å². The quantitative estimate of drug-likeness (QED) is 0.652. The van der Waals surface area contributed by atoms with Crippen molar-refractivity contribution in [2.45, 2.75) is 17.6 Å². The number of nitrogens with one attached hydrogen (secondary N) is 1. The van der Waals surface area contributed by atoms with Crippen molar-refractivity contribution in [3.8, 4) is 11.5 Å². The Morgan fingerprint density at radius 1 is 1.07 bits per heavy atom. The molecule has 1 aromatic heterocycles. The molecule has 0 saturated heterocycles. The van der Waals surface area contributed by atoms with E-state index in [-0.39, 0.29) is 28.6 Å². The van der Waals surface area contributed by atoms with Crippen molar-refractivity contribution in [2.24, 2.45) is 5.14 Å². The Bertz CT molecular complexity index is 1120. The maximum atomic E-state index is 12.6. The van der Waals surface area contributed by atoms with Gasteiger partial charge in [0.05, 0.1) is 10.5 Å². The van der Waals surface area contributed by atoms with E-state index in [2.05, 4.69) is 10.3 Å². The maximum absolute atomic E-state index is 12.6. The lowest BCUT2D eigenvalue weighted by molar-refractivity contribution is -0.137. The highest BCUT2D eigenvalue weighted by Gasteiger charge is 2.30. The van der Waals surface area contributed by atoms with Crippen LogP contribution in [0.25, 0.3) is 11.5 Å². The number of nitrogens with two attached hydrogens (primary N) is 1. The van der Waals surface area contributed by atoms with Gasteiger partial charge < -0.3 is 9.73 Å². The van der Waals surface area contributed by atoms with Gasteiger partial charge in [-0.25, -0.2) is 18.5 Å². The number of rotatable bonds is 5. The number of nitrogens with zero attached hydrogens (tertiary/aromatic N) is 1. The zero-order valence-corrected chi connectivity index (χ0v) is 15.4. The number of sulfonamides is 1. The minimum absolute atomic E-state index is 0.00128. The van der Waals surface area contributed by atoms with E-state index < -0.39 is 27.7 Å². The molecule has 0 unspecified atom stereocenters. The molecule has 11 heteroatoms. The summed E-state index contributed by atoms with van der Waals surface area (Å²) in [6, 6.07) is 9.81. The van der Waals surface area contributed by atoms with Crippen molar-refractivity contribution < 1.29 is 30.8 Å². The van der Waals surface area contributed by atoms with Crippen LogP contribution >= 0.6 is 0 Å². The fourth-order valence-electron chi connectivity index (χ4n) is 2.38. The van der Waals surface area contributed by atoms with E-state index in [9.17, 15) is 26.4 Å². The Labute approximate surface area is 163 Å². The maximum Gasteiger partial charge on any atom is 0.416 e. The molecule has 1 amide bonds. The summed E-state index contributed by atoms with van der Waals surface area (Å²) in [6.45, 7) is 0.0895. The molecule has 0 aliphatic heterocycles. The standard InChI is InChI=1S/C18H14F3N3O4S/c19-18(20,21)13-5-3-12(4-6-13)17-24-15(10-28-17)16(25)23-9-11-1-7-14(8-2-11)29(22,26)27/h1-8,10H,9H2,(H,23,25)(H2,22,26,27). The molecule has 3 rings (SSSR count). The summed E-state index contributed by atoms with van der Waals surface area (Å²) in [5.41, 5.74) is 0.0492. The van der Waals surface area contributed by atoms with E-state index in [0.717, 1.165) is 18.4 Å². The molecule has 3 aromatic rings. The normalized spacial score (nSPS) is 12.0. The number of aromatic nitrogens is 1. The van der Waals surface area contributed by atoms with Crippen LogP contribution < -0.4 is 10.5 Å². The zero-order valence-electron chi connectivity index (χ0n) is 14.6. The van der Waals surface area contributed by atoms with E-state index in [1.807, 2.05) is 0 Å². The SMILES string of the molecule is NS(=O)(=O)c1ccc(CNC(=O)c2coc(-c3ccc(C(F)(F)F)cc3)n2)cc1. The Kier molecular flexibility index (Phi) is 5.44. The summed E-state index contributed by atoms with van der Waals surface area (Å²) in [7, 11) is -3.80. The molecule has 0 spiro atoms. The molecule has 0 radical (unpaired) electrons. The first-order valence-electron chi connectivity index (χ1n) is 8.07. The predicted octanol–water partition coefficient (Wildman–Crippen LogP) is 2.94. The summed E-state index contributed by atoms with van der Waals surface area (Å²) in [6.07, 6.45) is -3.36. The molecular weight excluding hydrogens is 411 g/mol. The third-order valence-electron chi connectivity index (χ3n) is 3.90. The second-order valence-electron chi connectivity index (χ2n) is 5.98. The summed E-state index contributed by atoms with van der Waals surface area (Å²) in [5, 5.41) is 7.59. The lowest BCUT2D eigenvalue weighted by Gasteiger charge is -2.06. The van der Waals surface area contributed by atoms with Gasteiger partial charge in [0.2, 0.25) is 15.9 Å². The lowest BCUT2D eigenvalue weighted by atomic mass is 10.1. The third kappa shape index (κ3) is 5.00. The Balaban J connectivity index is 1.65. The molecule has 29 heavy (non-hydrogen) atoms. The summed E-state index contributed by atoms with van der Waals surface area (Å²) in [4.78, 5) is 16.1. The number of alkyl halides is 3. The number of hydrogen-bond donors (Lipinski definition) is 2. The van der Waals surface area contributed by atoms with Gasteiger partial charge in [-0.3, -0.25) is 4.79 Å². The molecule has 3 N–H and O–H groups in total. The Hall–Kier alpha value is -3.18. The van der Waals surface area contributed by atoms with Crippen molar-refractivity contribution in [2.75, 3.05) is 0 Å². The molecule has 2 aromatic carbocycles. The van der Waals surface area contributed by atoms with Gasteiger partial charge in [-0.1, -0.05) is 12.1 Å². The highest BCUT2D eigenvalue weighted by molar-refractivity contribution is 7.89. The van der Waals surface area contributed by atoms with Crippen LogP contribution in [0.1, 0.15) is 21.6 Å². The third-order valence-corrected chi connectivity index (χ3v) is 4.83. The van der Waals surface area contributed by atoms with E-state index in [1.54, 1.807) is 0 Å². The van der Waals surface area contributed by atoms with Gasteiger partial charge in [-0.2, -0.15) is 13.2 Å². The predicted molar refractivity (Wildman–Crippen MR) is 95.9 cm³/mol. The number of primary sulfonamides is 1. The topological polar surface area (TPSA) is 115 Å². The van der Waals surface area contributed by atoms with Gasteiger partial charge >= 0.3 is 6.18 Å². The molecule has 7 nitrogen and oxygen atoms in total. The second kappa shape index (κ2) is 7.68. The van der Waals surface area contributed by atoms with Gasteiger partial charge in [0.25, 0.3) is 5.91 Å². The smallest absolute Gasteiger partial charge is 0.416 e. The first-order chi connectivity index (χ1) is 13.5. The average Bonchev–Trinajstić information content (AvgIpc) is 3.15. The second-order valence-corrected chi connectivity index (χ2v) is 7.55. The van der Waals surface area contributed by atoms with E-state index >= 15 is 0 Å². The van der Waals surface area contributed by atoms with Crippen molar-refractivity contribution in [1.82, 2.24) is 10.3 Å². The largest absolute Gasteiger partial charge is 0.444 e. The molecular formula is C18H14F3N3O4S. The van der Waals surface area contributed by atoms with Gasteiger partial charge in [0, 0.05) is 12.1 Å². The van der Waals surface area contributed by atoms with Crippen LogP contribution in [-0.2, 0) is 22.7 Å². The molecule has 0 aliphatic carbocycles. The average molecular weight is 425 g/mol. The first-order valence-corrected chi connectivity index (χ1v) is 9.62. The Morgan fingerprint density at radius 2 is 1.69 bits per heavy atom. The minimum Gasteiger partial charge on any atom is -0.444 e. The van der Waals surface area contributed by atoms with Gasteiger partial charge in [0.15, 0.2) is 5.69 Å². The molecule has 0 saturated carbocycles. The number of halogens is 3. The van der Waals surface area contributed by atoms with Gasteiger partial charge in [0.1, 0.15) is 6.26 Å². The van der Waals surface area contributed by atoms with Crippen LogP contribution in [0.4, 0.5) is 13.2 Å². The van der Waals surface area contributed by atoms with Crippen molar-refractivity contribution in [3.63, 3.8) is 0 Å². The summed E-state index contributed by atoms with van der Waals surface area (Å²) in [5.74, 6) is -0.566. The van der Waals surface area contributed by atoms with Crippen LogP contribution in [-0.4, -0.2) is 19.3 Å². The van der Waals surface area contributed by atoms with Crippen LogP contribution in [0.3, 0.4) is 0 Å². The van der Waals surface area contributed by atoms with Gasteiger partial charge in [-0.15, -0.1) is 0 Å². The molecule has 0 bridgehead atoms. The van der Waals surface area contributed by atoms with Crippen molar-refractivity contribution in [1.29, 1.82) is 0 Å². The van der Waals surface area contributed by atoms with E-state index in [4.69, 9.17) is 9.56 Å². The molecule has 152 valence electrons. The number of carbonyl (C=O) groups excluding carboxylic acids is 1. The number of amides is 1. The first kappa shape index (κ1) is 20.6. The summed E-state index contributed by atoms with van der Waals surface area (Å²) >= 11 is 0. The highest BCUT2D eigenvalue weighted by Crippen LogP contribution is 2.30. The molecule has 0 aliphatic rings. The monoisotopic (exact) mass is 425 g/mol. The van der Waals surface area contributed by atoms with E-state index in [1.165, 1.54) is 36.4 Å². The number of hydrogen-bond acceptors (Lipinski definition) is 5. The number of benzene rings is 2. The van der Waals surface area contributed by atoms with Crippen molar-refractivity contribution in [3.05, 3.63) is 71.6 Å². The lowest BCUT2D eigenvalue weighted by Crippen LogP contribution is -2.23. The van der Waals surface area contributed by atoms with Crippen LogP contribution in [0.5, 0.6) is 0 Å². The number of carbonyl (C=O) groups is 1. The summed E-state index contributed by atoms with van der Waals surface area (Å²) < 4.78 is 65.4. The van der Waals surface area contributed by atoms with Crippen LogP contribution in [0, 0.1) is 0 Å². The molecule has 0 atom stereocenters.